The van der Waals surface area contributed by atoms with Crippen molar-refractivity contribution in [1.82, 2.24) is 4.57 Å². The largest absolute Gasteiger partial charge is 0.343 e. The van der Waals surface area contributed by atoms with E-state index in [1.807, 2.05) is 25.2 Å². The minimum absolute atomic E-state index is 0.986. The normalized spacial score (nSPS) is 11.1. The Kier molecular flexibility index (Phi) is 3.10. The average Bonchev–Trinajstić information content (AvgIpc) is 2.63. The Hall–Kier alpha value is -1.55. The van der Waals surface area contributed by atoms with Crippen molar-refractivity contribution < 1.29 is 0 Å². The zero-order valence-electron chi connectivity index (χ0n) is 8.89. The molecule has 0 aliphatic carbocycles. The lowest BCUT2D eigenvalue weighted by Gasteiger charge is -2.05. The number of halogens is 1. The van der Waals surface area contributed by atoms with Crippen LogP contribution in [0.3, 0.4) is 0 Å². The standard InChI is InChI=1S/C12H12BrN3/c1-16-11(8-15-14)6-7-12(16)9-2-4-10(13)5-3-9/h2-8H,14H2,1H3/b15-8+. The molecule has 0 fully saturated rings. The highest BCUT2D eigenvalue weighted by Crippen LogP contribution is 2.22. The molecule has 4 heteroatoms. The van der Waals surface area contributed by atoms with Gasteiger partial charge in [-0.1, -0.05) is 28.1 Å². The summed E-state index contributed by atoms with van der Waals surface area (Å²) in [6, 6.07) is 12.2. The fourth-order valence-corrected chi connectivity index (χ4v) is 1.91. The molecule has 0 atom stereocenters. The Morgan fingerprint density at radius 1 is 1.19 bits per heavy atom. The van der Waals surface area contributed by atoms with E-state index in [1.165, 1.54) is 5.56 Å². The molecule has 0 saturated carbocycles. The van der Waals surface area contributed by atoms with E-state index >= 15 is 0 Å². The molecular weight excluding hydrogens is 266 g/mol. The molecule has 16 heavy (non-hydrogen) atoms. The Labute approximate surface area is 103 Å². The third kappa shape index (κ3) is 2.02. The molecule has 2 N–H and O–H groups in total. The highest BCUT2D eigenvalue weighted by atomic mass is 79.9. The van der Waals surface area contributed by atoms with Crippen molar-refractivity contribution in [2.75, 3.05) is 0 Å². The van der Waals surface area contributed by atoms with Crippen LogP contribution in [0.25, 0.3) is 11.3 Å². The van der Waals surface area contributed by atoms with E-state index in [2.05, 4.69) is 43.8 Å². The summed E-state index contributed by atoms with van der Waals surface area (Å²) in [5, 5.41) is 3.53. The zero-order chi connectivity index (χ0) is 11.5. The second-order valence-corrected chi connectivity index (χ2v) is 4.40. The summed E-state index contributed by atoms with van der Waals surface area (Å²) in [4.78, 5) is 0. The van der Waals surface area contributed by atoms with Gasteiger partial charge in [0.05, 0.1) is 11.9 Å². The topological polar surface area (TPSA) is 43.3 Å². The monoisotopic (exact) mass is 277 g/mol. The summed E-state index contributed by atoms with van der Waals surface area (Å²) in [5.41, 5.74) is 3.30. The molecule has 2 rings (SSSR count). The molecule has 1 aromatic carbocycles. The minimum Gasteiger partial charge on any atom is -0.343 e. The Morgan fingerprint density at radius 3 is 2.50 bits per heavy atom. The molecule has 0 saturated heterocycles. The fourth-order valence-electron chi connectivity index (χ4n) is 1.64. The van der Waals surface area contributed by atoms with Crippen LogP contribution in [0.2, 0.25) is 0 Å². The molecule has 0 amide bonds. The van der Waals surface area contributed by atoms with Crippen LogP contribution in [0, 0.1) is 0 Å². The first kappa shape index (κ1) is 11.0. The summed E-state index contributed by atoms with van der Waals surface area (Å²) in [5.74, 6) is 5.15. The second kappa shape index (κ2) is 4.53. The van der Waals surface area contributed by atoms with E-state index < -0.39 is 0 Å². The minimum atomic E-state index is 0.986. The van der Waals surface area contributed by atoms with Crippen LogP contribution in [0.5, 0.6) is 0 Å². The van der Waals surface area contributed by atoms with Crippen LogP contribution in [0.4, 0.5) is 0 Å². The summed E-state index contributed by atoms with van der Waals surface area (Å²) >= 11 is 3.42. The van der Waals surface area contributed by atoms with Crippen molar-refractivity contribution in [1.29, 1.82) is 0 Å². The van der Waals surface area contributed by atoms with Gasteiger partial charge in [0, 0.05) is 17.2 Å². The SMILES string of the molecule is Cn1c(/C=N/N)ccc1-c1ccc(Br)cc1. The maximum atomic E-state index is 5.15. The number of nitrogens with two attached hydrogens (primary N) is 1. The highest BCUT2D eigenvalue weighted by molar-refractivity contribution is 9.10. The fraction of sp³-hybridized carbons (Fsp3) is 0.0833. The summed E-state index contributed by atoms with van der Waals surface area (Å²) in [6.45, 7) is 0. The van der Waals surface area contributed by atoms with Gasteiger partial charge in [-0.05, 0) is 29.8 Å². The molecule has 1 aromatic heterocycles. The van der Waals surface area contributed by atoms with Gasteiger partial charge in [-0.15, -0.1) is 0 Å². The first-order valence-corrected chi connectivity index (χ1v) is 5.66. The van der Waals surface area contributed by atoms with Crippen LogP contribution >= 0.6 is 15.9 Å². The highest BCUT2D eigenvalue weighted by Gasteiger charge is 2.04. The van der Waals surface area contributed by atoms with Gasteiger partial charge in [-0.2, -0.15) is 5.10 Å². The lowest BCUT2D eigenvalue weighted by molar-refractivity contribution is 0.926. The lowest BCUT2D eigenvalue weighted by Crippen LogP contribution is -1.98. The Bertz CT molecular complexity index is 512. The molecule has 3 nitrogen and oxygen atoms in total. The zero-order valence-corrected chi connectivity index (χ0v) is 10.5. The molecule has 0 bridgehead atoms. The van der Waals surface area contributed by atoms with Gasteiger partial charge in [0.15, 0.2) is 0 Å². The Balaban J connectivity index is 2.44. The van der Waals surface area contributed by atoms with Crippen molar-refractivity contribution in [2.24, 2.45) is 18.0 Å². The van der Waals surface area contributed by atoms with Gasteiger partial charge in [0.1, 0.15) is 0 Å². The second-order valence-electron chi connectivity index (χ2n) is 3.49. The first-order valence-electron chi connectivity index (χ1n) is 4.87. The average molecular weight is 278 g/mol. The molecule has 0 spiro atoms. The number of nitrogens with zero attached hydrogens (tertiary/aromatic N) is 2. The molecule has 0 radical (unpaired) electrons. The van der Waals surface area contributed by atoms with Gasteiger partial charge in [-0.25, -0.2) is 0 Å². The molecule has 1 heterocycles. The van der Waals surface area contributed by atoms with Crippen LogP contribution in [0.1, 0.15) is 5.69 Å². The van der Waals surface area contributed by atoms with Crippen molar-refractivity contribution in [3.8, 4) is 11.3 Å². The number of hydrogen-bond acceptors (Lipinski definition) is 2. The van der Waals surface area contributed by atoms with E-state index in [-0.39, 0.29) is 0 Å². The van der Waals surface area contributed by atoms with Gasteiger partial charge in [0.25, 0.3) is 0 Å². The molecule has 82 valence electrons. The summed E-state index contributed by atoms with van der Waals surface area (Å²) in [6.07, 6.45) is 1.64. The summed E-state index contributed by atoms with van der Waals surface area (Å²) < 4.78 is 3.13. The molecule has 0 aliphatic heterocycles. The van der Waals surface area contributed by atoms with Crippen LogP contribution < -0.4 is 5.84 Å². The van der Waals surface area contributed by atoms with E-state index in [4.69, 9.17) is 5.84 Å². The van der Waals surface area contributed by atoms with Crippen molar-refractivity contribution in [2.45, 2.75) is 0 Å². The maximum Gasteiger partial charge on any atom is 0.0702 e. The summed E-state index contributed by atoms with van der Waals surface area (Å²) in [7, 11) is 1.99. The quantitative estimate of drug-likeness (QED) is 0.512. The van der Waals surface area contributed by atoms with Gasteiger partial charge >= 0.3 is 0 Å². The van der Waals surface area contributed by atoms with Crippen molar-refractivity contribution >= 4 is 22.1 Å². The predicted molar refractivity (Wildman–Crippen MR) is 70.3 cm³/mol. The van der Waals surface area contributed by atoms with Crippen molar-refractivity contribution in [3.63, 3.8) is 0 Å². The van der Waals surface area contributed by atoms with E-state index in [0.29, 0.717) is 0 Å². The maximum absolute atomic E-state index is 5.15. The lowest BCUT2D eigenvalue weighted by atomic mass is 10.1. The van der Waals surface area contributed by atoms with Gasteiger partial charge < -0.3 is 10.4 Å². The van der Waals surface area contributed by atoms with Crippen molar-refractivity contribution in [3.05, 3.63) is 46.6 Å². The third-order valence-electron chi connectivity index (χ3n) is 2.51. The van der Waals surface area contributed by atoms with Gasteiger partial charge in [-0.3, -0.25) is 0 Å². The van der Waals surface area contributed by atoms with Gasteiger partial charge in [0.2, 0.25) is 0 Å². The number of benzene rings is 1. The molecule has 0 aliphatic rings. The third-order valence-corrected chi connectivity index (χ3v) is 3.04. The number of hydrazone groups is 1. The molecule has 2 aromatic rings. The molecular formula is C12H12BrN3. The predicted octanol–water partition coefficient (Wildman–Crippen LogP) is 2.75. The van der Waals surface area contributed by atoms with E-state index in [9.17, 15) is 0 Å². The number of aromatic nitrogens is 1. The number of rotatable bonds is 2. The van der Waals surface area contributed by atoms with Crippen LogP contribution in [-0.2, 0) is 7.05 Å². The van der Waals surface area contributed by atoms with E-state index in [0.717, 1.165) is 15.9 Å². The smallest absolute Gasteiger partial charge is 0.0702 e. The van der Waals surface area contributed by atoms with Crippen LogP contribution in [-0.4, -0.2) is 10.8 Å². The Morgan fingerprint density at radius 2 is 1.88 bits per heavy atom. The molecule has 0 unspecified atom stereocenters. The van der Waals surface area contributed by atoms with E-state index in [1.54, 1.807) is 6.21 Å². The first-order chi connectivity index (χ1) is 7.72. The van der Waals surface area contributed by atoms with Crippen LogP contribution in [0.15, 0.2) is 46.0 Å². The number of hydrogen-bond donors (Lipinski definition) is 1.